The van der Waals surface area contributed by atoms with Crippen molar-refractivity contribution in [3.63, 3.8) is 0 Å². The maximum Gasteiger partial charge on any atom is 0.405 e. The van der Waals surface area contributed by atoms with Gasteiger partial charge in [0, 0.05) is 25.1 Å². The van der Waals surface area contributed by atoms with Gasteiger partial charge in [-0.1, -0.05) is 6.92 Å². The van der Waals surface area contributed by atoms with Crippen LogP contribution in [-0.2, 0) is 0 Å². The molecule has 4 nitrogen and oxygen atoms in total. The fraction of sp³-hybridized carbons (Fsp3) is 0.714. The number of halogens is 3. The second-order valence-corrected chi connectivity index (χ2v) is 5.55. The van der Waals surface area contributed by atoms with Crippen LogP contribution in [0.5, 0.6) is 0 Å². The summed E-state index contributed by atoms with van der Waals surface area (Å²) in [6.45, 7) is 3.52. The van der Waals surface area contributed by atoms with Gasteiger partial charge in [0.15, 0.2) is 0 Å². The van der Waals surface area contributed by atoms with Crippen LogP contribution in [0.2, 0.25) is 0 Å². The topological polar surface area (TPSA) is 41.1 Å². The maximum atomic E-state index is 12.6. The summed E-state index contributed by atoms with van der Waals surface area (Å²) in [5.74, 6) is 1.97. The van der Waals surface area contributed by atoms with Crippen molar-refractivity contribution >= 4 is 11.6 Å². The molecule has 1 N–H and O–H groups in total. The fourth-order valence-corrected chi connectivity index (χ4v) is 2.18. The number of hydrogen-bond donors (Lipinski definition) is 1. The highest BCUT2D eigenvalue weighted by atomic mass is 19.4. The van der Waals surface area contributed by atoms with Crippen molar-refractivity contribution in [2.45, 2.75) is 45.2 Å². The quantitative estimate of drug-likeness (QED) is 0.873. The number of aromatic nitrogens is 2. The lowest BCUT2D eigenvalue weighted by Gasteiger charge is -2.23. The first-order valence-electron chi connectivity index (χ1n) is 7.22. The van der Waals surface area contributed by atoms with Gasteiger partial charge in [-0.15, -0.1) is 0 Å². The number of anilines is 2. The summed E-state index contributed by atoms with van der Waals surface area (Å²) >= 11 is 0. The van der Waals surface area contributed by atoms with Crippen LogP contribution in [0.3, 0.4) is 0 Å². The van der Waals surface area contributed by atoms with Crippen molar-refractivity contribution in [2.24, 2.45) is 0 Å². The zero-order valence-corrected chi connectivity index (χ0v) is 12.6. The van der Waals surface area contributed by atoms with Crippen LogP contribution in [0.15, 0.2) is 0 Å². The average molecular weight is 302 g/mol. The summed E-state index contributed by atoms with van der Waals surface area (Å²) in [6.07, 6.45) is -1.30. The number of nitrogens with one attached hydrogen (secondary N) is 1. The lowest BCUT2D eigenvalue weighted by molar-refractivity contribution is -0.119. The Kier molecular flexibility index (Phi) is 4.58. The summed E-state index contributed by atoms with van der Waals surface area (Å²) in [5.41, 5.74) is 0.666. The molecule has 0 aromatic carbocycles. The van der Waals surface area contributed by atoms with Gasteiger partial charge < -0.3 is 10.2 Å². The van der Waals surface area contributed by atoms with E-state index in [1.165, 1.54) is 7.05 Å². The predicted molar refractivity (Wildman–Crippen MR) is 76.8 cm³/mol. The van der Waals surface area contributed by atoms with Gasteiger partial charge in [-0.05, 0) is 26.2 Å². The zero-order valence-electron chi connectivity index (χ0n) is 12.6. The summed E-state index contributed by atoms with van der Waals surface area (Å²) in [5, 5.41) is 3.18. The molecule has 0 aliphatic heterocycles. The van der Waals surface area contributed by atoms with Crippen molar-refractivity contribution in [3.05, 3.63) is 11.4 Å². The summed E-state index contributed by atoms with van der Waals surface area (Å²) in [6, 6.07) is 0. The molecule has 1 fully saturated rings. The van der Waals surface area contributed by atoms with Crippen molar-refractivity contribution in [3.8, 4) is 0 Å². The smallest absolute Gasteiger partial charge is 0.370 e. The lowest BCUT2D eigenvalue weighted by atomic mass is 10.2. The molecule has 1 aliphatic carbocycles. The van der Waals surface area contributed by atoms with E-state index in [-0.39, 0.29) is 0 Å². The van der Waals surface area contributed by atoms with Crippen molar-refractivity contribution in [1.82, 2.24) is 9.97 Å². The molecule has 0 unspecified atom stereocenters. The zero-order chi connectivity index (χ0) is 15.6. The van der Waals surface area contributed by atoms with Crippen LogP contribution in [0, 0.1) is 6.92 Å². The first-order chi connectivity index (χ1) is 9.81. The van der Waals surface area contributed by atoms with Gasteiger partial charge in [-0.25, -0.2) is 9.97 Å². The van der Waals surface area contributed by atoms with Crippen LogP contribution < -0.4 is 10.2 Å². The second kappa shape index (κ2) is 6.07. The summed E-state index contributed by atoms with van der Waals surface area (Å²) < 4.78 is 37.8. The third-order valence-corrected chi connectivity index (χ3v) is 3.40. The number of rotatable bonds is 6. The first-order valence-corrected chi connectivity index (χ1v) is 7.22. The number of alkyl halides is 3. The Balaban J connectivity index is 2.31. The Morgan fingerprint density at radius 1 is 1.29 bits per heavy atom. The largest absolute Gasteiger partial charge is 0.405 e. The van der Waals surface area contributed by atoms with E-state index in [9.17, 15) is 13.2 Å². The summed E-state index contributed by atoms with van der Waals surface area (Å²) in [7, 11) is 1.42. The molecule has 118 valence electrons. The van der Waals surface area contributed by atoms with E-state index in [1.807, 2.05) is 6.92 Å². The number of nitrogens with zero attached hydrogens (tertiary/aromatic N) is 3. The maximum absolute atomic E-state index is 12.6. The van der Waals surface area contributed by atoms with E-state index in [0.29, 0.717) is 28.9 Å². The van der Waals surface area contributed by atoms with E-state index in [0.717, 1.165) is 30.7 Å². The highest BCUT2D eigenvalue weighted by Gasteiger charge is 2.32. The Hall–Kier alpha value is -1.53. The third-order valence-electron chi connectivity index (χ3n) is 3.40. The summed E-state index contributed by atoms with van der Waals surface area (Å²) in [4.78, 5) is 10.00. The molecule has 0 atom stereocenters. The first kappa shape index (κ1) is 15.9. The molecular formula is C14H21F3N4. The van der Waals surface area contributed by atoms with Gasteiger partial charge in [0.2, 0.25) is 0 Å². The fourth-order valence-electron chi connectivity index (χ4n) is 2.18. The van der Waals surface area contributed by atoms with Gasteiger partial charge in [-0.2, -0.15) is 13.2 Å². The minimum absolute atomic E-state index is 0.297. The molecule has 1 aromatic rings. The normalized spacial score (nSPS) is 15.1. The van der Waals surface area contributed by atoms with Crippen LogP contribution in [0.4, 0.5) is 24.8 Å². The van der Waals surface area contributed by atoms with Crippen molar-refractivity contribution in [2.75, 3.05) is 30.4 Å². The Bertz CT molecular complexity index is 498. The molecule has 0 saturated heterocycles. The second-order valence-electron chi connectivity index (χ2n) is 5.55. The van der Waals surface area contributed by atoms with E-state index in [4.69, 9.17) is 0 Å². The Morgan fingerprint density at radius 2 is 1.95 bits per heavy atom. The molecule has 7 heteroatoms. The minimum Gasteiger partial charge on any atom is -0.370 e. The standard InChI is InChI=1S/C14H21F3N4/c1-4-7-18-11-9(2)13(21(3)8-14(15,16)17)20-12(19-11)10-5-6-10/h10H,4-8H2,1-3H3,(H,18,19,20). The van der Waals surface area contributed by atoms with Crippen LogP contribution in [0.1, 0.15) is 43.5 Å². The van der Waals surface area contributed by atoms with E-state index >= 15 is 0 Å². The van der Waals surface area contributed by atoms with Gasteiger partial charge in [0.25, 0.3) is 0 Å². The van der Waals surface area contributed by atoms with Crippen molar-refractivity contribution < 1.29 is 13.2 Å². The van der Waals surface area contributed by atoms with Gasteiger partial charge in [0.1, 0.15) is 24.0 Å². The van der Waals surface area contributed by atoms with E-state index in [2.05, 4.69) is 15.3 Å². The highest BCUT2D eigenvalue weighted by molar-refractivity contribution is 5.58. The van der Waals surface area contributed by atoms with Crippen LogP contribution in [-0.4, -0.2) is 36.3 Å². The molecule has 0 amide bonds. The molecule has 2 rings (SSSR count). The van der Waals surface area contributed by atoms with Crippen LogP contribution >= 0.6 is 0 Å². The monoisotopic (exact) mass is 302 g/mol. The van der Waals surface area contributed by atoms with Gasteiger partial charge in [-0.3, -0.25) is 0 Å². The highest BCUT2D eigenvalue weighted by Crippen LogP contribution is 2.40. The van der Waals surface area contributed by atoms with E-state index in [1.54, 1.807) is 6.92 Å². The molecule has 0 radical (unpaired) electrons. The third kappa shape index (κ3) is 4.22. The molecule has 0 spiro atoms. The molecule has 0 bridgehead atoms. The lowest BCUT2D eigenvalue weighted by Crippen LogP contribution is -2.32. The molecule has 1 saturated carbocycles. The predicted octanol–water partition coefficient (Wildman–Crippen LogP) is 3.48. The van der Waals surface area contributed by atoms with Gasteiger partial charge in [0.05, 0.1) is 0 Å². The van der Waals surface area contributed by atoms with Crippen molar-refractivity contribution in [1.29, 1.82) is 0 Å². The molecular weight excluding hydrogens is 281 g/mol. The Morgan fingerprint density at radius 3 is 2.48 bits per heavy atom. The van der Waals surface area contributed by atoms with E-state index < -0.39 is 12.7 Å². The average Bonchev–Trinajstić information content (AvgIpc) is 3.19. The minimum atomic E-state index is -4.25. The SMILES string of the molecule is CCCNc1nc(C2CC2)nc(N(C)CC(F)(F)F)c1C. The Labute approximate surface area is 122 Å². The van der Waals surface area contributed by atoms with Gasteiger partial charge >= 0.3 is 6.18 Å². The van der Waals surface area contributed by atoms with Crippen LogP contribution in [0.25, 0.3) is 0 Å². The molecule has 21 heavy (non-hydrogen) atoms. The molecule has 1 heterocycles. The molecule has 1 aliphatic rings. The molecule has 1 aromatic heterocycles. The number of hydrogen-bond acceptors (Lipinski definition) is 4.